The maximum Gasteiger partial charge on any atom is 0.162 e. The van der Waals surface area contributed by atoms with Crippen molar-refractivity contribution in [3.05, 3.63) is 0 Å². The summed E-state index contributed by atoms with van der Waals surface area (Å²) in [7, 11) is 1.53. The highest BCUT2D eigenvalue weighted by Crippen LogP contribution is 2.13. The van der Waals surface area contributed by atoms with Crippen LogP contribution in [0.1, 0.15) is 26.7 Å². The molecule has 0 saturated carbocycles. The summed E-state index contributed by atoms with van der Waals surface area (Å²) in [5, 5.41) is 6.94. The molecule has 0 aromatic heterocycles. The molecule has 0 aliphatic carbocycles. The molecule has 0 radical (unpaired) electrons. The van der Waals surface area contributed by atoms with Crippen molar-refractivity contribution >= 4 is 12.5 Å². The molecule has 3 atom stereocenters. The van der Waals surface area contributed by atoms with Crippen LogP contribution >= 0.6 is 0 Å². The minimum absolute atomic E-state index is 0.127. The molecule has 0 aromatic carbocycles. The van der Waals surface area contributed by atoms with Crippen molar-refractivity contribution in [1.29, 1.82) is 5.41 Å². The monoisotopic (exact) mass is 201 g/mol. The molecule has 0 aromatic rings. The molecule has 0 bridgehead atoms. The average Bonchev–Trinajstić information content (AvgIpc) is 2.23. The summed E-state index contributed by atoms with van der Waals surface area (Å²) in [6.45, 7) is 3.78. The first-order valence-corrected chi connectivity index (χ1v) is 4.82. The van der Waals surface area contributed by atoms with Crippen LogP contribution in [0.4, 0.5) is 0 Å². The van der Waals surface area contributed by atoms with E-state index in [1.165, 1.54) is 13.3 Å². The van der Waals surface area contributed by atoms with Gasteiger partial charge in [0.2, 0.25) is 0 Å². The van der Waals surface area contributed by atoms with Crippen LogP contribution in [0.15, 0.2) is 0 Å². The number of hydrogen-bond donors (Lipinski definition) is 1. The van der Waals surface area contributed by atoms with Crippen LogP contribution in [0.3, 0.4) is 0 Å². The molecule has 0 unspecified atom stereocenters. The second kappa shape index (κ2) is 7.64. The predicted molar refractivity (Wildman–Crippen MR) is 54.6 cm³/mol. The van der Waals surface area contributed by atoms with E-state index in [2.05, 4.69) is 0 Å². The van der Waals surface area contributed by atoms with Crippen molar-refractivity contribution < 1.29 is 14.3 Å². The number of nitrogens with one attached hydrogen (secondary N) is 1. The SMILES string of the molecule is CC[C@H](O[C@@H](CC=N)OC)[C@H](C)C=O. The summed E-state index contributed by atoms with van der Waals surface area (Å²) in [5.74, 6) is -0.136. The van der Waals surface area contributed by atoms with Crippen LogP contribution in [0.25, 0.3) is 0 Å². The Bertz CT molecular complexity index is 173. The highest BCUT2D eigenvalue weighted by atomic mass is 16.7. The van der Waals surface area contributed by atoms with Gasteiger partial charge in [0.15, 0.2) is 6.29 Å². The van der Waals surface area contributed by atoms with Crippen LogP contribution in [-0.2, 0) is 14.3 Å². The largest absolute Gasteiger partial charge is 0.355 e. The van der Waals surface area contributed by atoms with Gasteiger partial charge in [-0.2, -0.15) is 0 Å². The van der Waals surface area contributed by atoms with Crippen molar-refractivity contribution in [2.75, 3.05) is 7.11 Å². The van der Waals surface area contributed by atoms with E-state index in [1.54, 1.807) is 0 Å². The summed E-state index contributed by atoms with van der Waals surface area (Å²) < 4.78 is 10.6. The molecule has 82 valence electrons. The molecule has 0 fully saturated rings. The van der Waals surface area contributed by atoms with Crippen molar-refractivity contribution in [3.63, 3.8) is 0 Å². The molecule has 0 heterocycles. The zero-order valence-electron chi connectivity index (χ0n) is 9.03. The molecule has 0 spiro atoms. The Morgan fingerprint density at radius 1 is 1.50 bits per heavy atom. The van der Waals surface area contributed by atoms with Gasteiger partial charge in [0.25, 0.3) is 0 Å². The molecule has 0 aliphatic heterocycles. The Hall–Kier alpha value is -0.740. The first-order valence-electron chi connectivity index (χ1n) is 4.82. The Morgan fingerprint density at radius 3 is 2.50 bits per heavy atom. The number of carbonyl (C=O) groups is 1. The van der Waals surface area contributed by atoms with E-state index in [0.29, 0.717) is 6.42 Å². The number of aldehydes is 1. The lowest BCUT2D eigenvalue weighted by Gasteiger charge is -2.24. The number of hydrogen-bond acceptors (Lipinski definition) is 4. The highest BCUT2D eigenvalue weighted by Gasteiger charge is 2.19. The standard InChI is InChI=1S/C10H19NO3/c1-4-9(8(2)7-12)14-10(13-3)5-6-11/h6-11H,4-5H2,1-3H3/t8-,9+,10+/m1/s1. The summed E-state index contributed by atoms with van der Waals surface area (Å²) in [6, 6.07) is 0. The lowest BCUT2D eigenvalue weighted by atomic mass is 10.0. The number of rotatable bonds is 8. The van der Waals surface area contributed by atoms with Gasteiger partial charge in [-0.25, -0.2) is 0 Å². The van der Waals surface area contributed by atoms with Crippen LogP contribution < -0.4 is 0 Å². The van der Waals surface area contributed by atoms with Gasteiger partial charge >= 0.3 is 0 Å². The fourth-order valence-corrected chi connectivity index (χ4v) is 1.18. The lowest BCUT2D eigenvalue weighted by Crippen LogP contribution is -2.29. The van der Waals surface area contributed by atoms with E-state index < -0.39 is 6.29 Å². The van der Waals surface area contributed by atoms with Gasteiger partial charge in [-0.05, 0) is 6.42 Å². The third-order valence-corrected chi connectivity index (χ3v) is 2.10. The lowest BCUT2D eigenvalue weighted by molar-refractivity contribution is -0.164. The topological polar surface area (TPSA) is 59.4 Å². The van der Waals surface area contributed by atoms with Gasteiger partial charge in [0, 0.05) is 25.7 Å². The van der Waals surface area contributed by atoms with Gasteiger partial charge in [0.05, 0.1) is 6.10 Å². The van der Waals surface area contributed by atoms with Crippen LogP contribution in [0.5, 0.6) is 0 Å². The van der Waals surface area contributed by atoms with Crippen molar-refractivity contribution in [2.45, 2.75) is 39.1 Å². The number of ether oxygens (including phenoxy) is 2. The minimum atomic E-state index is -0.417. The van der Waals surface area contributed by atoms with Crippen LogP contribution in [-0.4, -0.2) is 32.0 Å². The van der Waals surface area contributed by atoms with E-state index in [9.17, 15) is 4.79 Å². The molecule has 0 rings (SSSR count). The Balaban J connectivity index is 4.12. The summed E-state index contributed by atoms with van der Waals surface area (Å²) in [5.41, 5.74) is 0. The van der Waals surface area contributed by atoms with E-state index >= 15 is 0 Å². The molecule has 4 heteroatoms. The summed E-state index contributed by atoms with van der Waals surface area (Å²) in [4.78, 5) is 10.6. The zero-order valence-corrected chi connectivity index (χ0v) is 9.03. The average molecular weight is 201 g/mol. The Morgan fingerprint density at radius 2 is 2.14 bits per heavy atom. The first kappa shape index (κ1) is 13.3. The first-order chi connectivity index (χ1) is 6.69. The maximum absolute atomic E-state index is 10.6. The summed E-state index contributed by atoms with van der Waals surface area (Å²) >= 11 is 0. The van der Waals surface area contributed by atoms with E-state index in [0.717, 1.165) is 12.7 Å². The van der Waals surface area contributed by atoms with E-state index in [-0.39, 0.29) is 12.0 Å². The fraction of sp³-hybridized carbons (Fsp3) is 0.800. The molecular formula is C10H19NO3. The van der Waals surface area contributed by atoms with Gasteiger partial charge in [-0.15, -0.1) is 0 Å². The Labute approximate surface area is 85.1 Å². The molecular weight excluding hydrogens is 182 g/mol. The third kappa shape index (κ3) is 4.48. The molecule has 0 aliphatic rings. The molecule has 4 nitrogen and oxygen atoms in total. The summed E-state index contributed by atoms with van der Waals surface area (Å²) in [6.07, 6.45) is 2.76. The third-order valence-electron chi connectivity index (χ3n) is 2.10. The zero-order chi connectivity index (χ0) is 11.0. The molecule has 1 N–H and O–H groups in total. The highest BCUT2D eigenvalue weighted by molar-refractivity contribution is 5.54. The van der Waals surface area contributed by atoms with Gasteiger partial charge in [0.1, 0.15) is 6.29 Å². The predicted octanol–water partition coefficient (Wildman–Crippen LogP) is 1.63. The van der Waals surface area contributed by atoms with E-state index in [1.807, 2.05) is 13.8 Å². The van der Waals surface area contributed by atoms with Crippen molar-refractivity contribution in [2.24, 2.45) is 5.92 Å². The van der Waals surface area contributed by atoms with Gasteiger partial charge in [-0.3, -0.25) is 0 Å². The molecule has 0 saturated heterocycles. The van der Waals surface area contributed by atoms with Crippen LogP contribution in [0, 0.1) is 11.3 Å². The normalized spacial score (nSPS) is 17.1. The molecule has 14 heavy (non-hydrogen) atoms. The second-order valence-corrected chi connectivity index (χ2v) is 3.18. The maximum atomic E-state index is 10.6. The smallest absolute Gasteiger partial charge is 0.162 e. The van der Waals surface area contributed by atoms with Crippen molar-refractivity contribution in [1.82, 2.24) is 0 Å². The number of carbonyl (C=O) groups excluding carboxylic acids is 1. The Kier molecular flexibility index (Phi) is 7.24. The quantitative estimate of drug-likeness (QED) is 0.369. The second-order valence-electron chi connectivity index (χ2n) is 3.18. The fourth-order valence-electron chi connectivity index (χ4n) is 1.18. The van der Waals surface area contributed by atoms with E-state index in [4.69, 9.17) is 14.9 Å². The van der Waals surface area contributed by atoms with Gasteiger partial charge < -0.3 is 19.7 Å². The minimum Gasteiger partial charge on any atom is -0.355 e. The van der Waals surface area contributed by atoms with Crippen LogP contribution in [0.2, 0.25) is 0 Å². The molecule has 0 amide bonds. The van der Waals surface area contributed by atoms with Gasteiger partial charge in [-0.1, -0.05) is 13.8 Å². The number of methoxy groups -OCH3 is 1. The van der Waals surface area contributed by atoms with Crippen molar-refractivity contribution in [3.8, 4) is 0 Å².